The predicted molar refractivity (Wildman–Crippen MR) is 168 cm³/mol. The first-order valence-electron chi connectivity index (χ1n) is 13.3. The van der Waals surface area contributed by atoms with Crippen LogP contribution in [-0.4, -0.2) is 85.9 Å². The molecule has 1 aliphatic heterocycles. The van der Waals surface area contributed by atoms with Gasteiger partial charge in [0.15, 0.2) is 5.82 Å². The van der Waals surface area contributed by atoms with Gasteiger partial charge >= 0.3 is 5.97 Å². The maximum Gasteiger partial charge on any atom is 0.364 e. The van der Waals surface area contributed by atoms with Crippen LogP contribution in [0.5, 0.6) is 0 Å². The SMILES string of the molecule is COC1CN(c2ccccc2-c2c(C)nc(-c3ncncc3-c3scnc3C)nc2N)CCN1C.O=C(O)c1nccs1. The Labute approximate surface area is 256 Å². The molecule has 0 spiro atoms. The highest BCUT2D eigenvalue weighted by atomic mass is 32.1. The monoisotopic (exact) mass is 617 g/mol. The van der Waals surface area contributed by atoms with E-state index >= 15 is 0 Å². The van der Waals surface area contributed by atoms with Crippen molar-refractivity contribution < 1.29 is 14.6 Å². The lowest BCUT2D eigenvalue weighted by Gasteiger charge is -2.40. The number of likely N-dealkylation sites (N-methyl/N-ethyl adjacent to an activating group) is 1. The predicted octanol–water partition coefficient (Wildman–Crippen LogP) is 4.49. The summed E-state index contributed by atoms with van der Waals surface area (Å²) < 4.78 is 5.68. The lowest BCUT2D eigenvalue weighted by atomic mass is 10.0. The van der Waals surface area contributed by atoms with Gasteiger partial charge in [0.2, 0.25) is 5.01 Å². The molecule has 5 aromatic rings. The summed E-state index contributed by atoms with van der Waals surface area (Å²) in [5.74, 6) is -0.0616. The minimum absolute atomic E-state index is 0.0280. The number of ether oxygens (including phenoxy) is 1. The van der Waals surface area contributed by atoms with Gasteiger partial charge in [0.1, 0.15) is 24.1 Å². The maximum absolute atomic E-state index is 10.0. The third-order valence-corrected chi connectivity index (χ3v) is 8.75. The number of thiazole rings is 2. The molecule has 1 aliphatic rings. The summed E-state index contributed by atoms with van der Waals surface area (Å²) >= 11 is 2.66. The van der Waals surface area contributed by atoms with Crippen LogP contribution in [0.3, 0.4) is 0 Å². The Balaban J connectivity index is 0.000000400. The number of carboxylic acids is 1. The minimum atomic E-state index is -0.958. The van der Waals surface area contributed by atoms with E-state index in [-0.39, 0.29) is 11.2 Å². The highest BCUT2D eigenvalue weighted by molar-refractivity contribution is 7.13. The summed E-state index contributed by atoms with van der Waals surface area (Å²) in [5, 5.41) is 9.99. The van der Waals surface area contributed by atoms with E-state index in [1.807, 2.05) is 31.5 Å². The molecule has 5 heterocycles. The highest BCUT2D eigenvalue weighted by Crippen LogP contribution is 2.38. The van der Waals surface area contributed by atoms with Gasteiger partial charge in [0, 0.05) is 60.4 Å². The number of aromatic carboxylic acids is 1. The Bertz CT molecular complexity index is 1690. The molecular weight excluding hydrogens is 587 g/mol. The number of benzene rings is 1. The summed E-state index contributed by atoms with van der Waals surface area (Å²) in [6.45, 7) is 6.50. The zero-order valence-electron chi connectivity index (χ0n) is 24.1. The van der Waals surface area contributed by atoms with Crippen molar-refractivity contribution in [2.75, 3.05) is 44.4 Å². The average molecular weight is 618 g/mol. The summed E-state index contributed by atoms with van der Waals surface area (Å²) in [5.41, 5.74) is 14.6. The van der Waals surface area contributed by atoms with Crippen LogP contribution in [0.1, 0.15) is 21.2 Å². The number of para-hydroxylation sites is 1. The summed E-state index contributed by atoms with van der Waals surface area (Å²) in [6.07, 6.45) is 4.78. The van der Waals surface area contributed by atoms with Crippen LogP contribution in [0.4, 0.5) is 11.5 Å². The molecule has 0 aliphatic carbocycles. The third kappa shape index (κ3) is 6.51. The topological polar surface area (TPSA) is 156 Å². The largest absolute Gasteiger partial charge is 0.476 e. The fourth-order valence-electron chi connectivity index (χ4n) is 4.87. The van der Waals surface area contributed by atoms with Gasteiger partial charge in [-0.05, 0) is 27.0 Å². The smallest absolute Gasteiger partial charge is 0.364 e. The average Bonchev–Trinajstić information content (AvgIpc) is 3.70. The van der Waals surface area contributed by atoms with Crippen molar-refractivity contribution >= 4 is 40.1 Å². The molecule has 1 saturated heterocycles. The molecule has 0 radical (unpaired) electrons. The summed E-state index contributed by atoms with van der Waals surface area (Å²) in [7, 11) is 3.83. The number of anilines is 2. The number of nitrogens with two attached hydrogens (primary N) is 1. The Morgan fingerprint density at radius 3 is 2.53 bits per heavy atom. The molecule has 1 aromatic carbocycles. The number of aromatic nitrogens is 6. The molecule has 1 unspecified atom stereocenters. The van der Waals surface area contributed by atoms with Gasteiger partial charge in [-0.1, -0.05) is 18.2 Å². The third-order valence-electron chi connectivity index (χ3n) is 7.02. The fourth-order valence-corrected chi connectivity index (χ4v) is 6.16. The zero-order valence-corrected chi connectivity index (χ0v) is 25.8. The Morgan fingerprint density at radius 2 is 1.88 bits per heavy atom. The zero-order chi connectivity index (χ0) is 30.5. The van der Waals surface area contributed by atoms with Gasteiger partial charge in [0.05, 0.1) is 28.3 Å². The first kappa shape index (κ1) is 30.1. The molecule has 222 valence electrons. The van der Waals surface area contributed by atoms with E-state index in [1.54, 1.807) is 30.0 Å². The number of nitrogen functional groups attached to an aromatic ring is 1. The molecule has 14 heteroatoms. The van der Waals surface area contributed by atoms with E-state index in [9.17, 15) is 4.79 Å². The standard InChI is InChI=1S/C25H28N8OS.C4H3NO2S/c1-15-21(17-7-5-6-8-19(17)33-10-9-32(3)20(12-33)34-4)24(26)31-25(30-15)22-18(11-27-13-28-22)23-16(2)29-14-35-23;6-4(7)3-5-1-2-8-3/h5-8,11,13-14,20H,9-10,12H2,1-4H3,(H2,26,30,31);1-2H,(H,6,7). The van der Waals surface area contributed by atoms with E-state index in [1.165, 1.54) is 12.5 Å². The number of hydrogen-bond donors (Lipinski definition) is 2. The second kappa shape index (κ2) is 13.3. The quantitative estimate of drug-likeness (QED) is 0.276. The molecule has 0 amide bonds. The van der Waals surface area contributed by atoms with Gasteiger partial charge < -0.3 is 20.5 Å². The molecular formula is C29H31N9O3S2. The van der Waals surface area contributed by atoms with Crippen LogP contribution in [0.25, 0.3) is 33.1 Å². The molecule has 12 nitrogen and oxygen atoms in total. The van der Waals surface area contributed by atoms with E-state index < -0.39 is 5.97 Å². The van der Waals surface area contributed by atoms with Crippen LogP contribution in [-0.2, 0) is 4.74 Å². The molecule has 4 aromatic heterocycles. The van der Waals surface area contributed by atoms with E-state index in [2.05, 4.69) is 48.9 Å². The normalized spacial score (nSPS) is 15.2. The van der Waals surface area contributed by atoms with Crippen molar-refractivity contribution in [1.29, 1.82) is 0 Å². The molecule has 3 N–H and O–H groups in total. The number of hydrogen-bond acceptors (Lipinski definition) is 13. The second-order valence-electron chi connectivity index (χ2n) is 9.72. The van der Waals surface area contributed by atoms with Crippen molar-refractivity contribution in [2.24, 2.45) is 0 Å². The van der Waals surface area contributed by atoms with Crippen molar-refractivity contribution in [3.8, 4) is 33.1 Å². The van der Waals surface area contributed by atoms with Gasteiger partial charge in [0.25, 0.3) is 0 Å². The minimum Gasteiger partial charge on any atom is -0.476 e. The van der Waals surface area contributed by atoms with Crippen molar-refractivity contribution in [2.45, 2.75) is 20.1 Å². The maximum atomic E-state index is 10.0. The van der Waals surface area contributed by atoms with Crippen molar-refractivity contribution in [3.05, 3.63) is 70.3 Å². The molecule has 0 saturated carbocycles. The van der Waals surface area contributed by atoms with Crippen LogP contribution >= 0.6 is 22.7 Å². The van der Waals surface area contributed by atoms with E-state index in [0.717, 1.165) is 69.6 Å². The molecule has 43 heavy (non-hydrogen) atoms. The molecule has 1 atom stereocenters. The molecule has 1 fully saturated rings. The summed E-state index contributed by atoms with van der Waals surface area (Å²) in [6, 6.07) is 8.26. The lowest BCUT2D eigenvalue weighted by molar-refractivity contribution is -0.0224. The van der Waals surface area contributed by atoms with E-state index in [4.69, 9.17) is 25.5 Å². The first-order chi connectivity index (χ1) is 20.8. The Hall–Kier alpha value is -4.37. The molecule has 6 rings (SSSR count). The van der Waals surface area contributed by atoms with Gasteiger partial charge in [-0.15, -0.1) is 22.7 Å². The molecule has 0 bridgehead atoms. The lowest BCUT2D eigenvalue weighted by Crippen LogP contribution is -2.52. The Kier molecular flexibility index (Phi) is 9.31. The number of methoxy groups -OCH3 is 1. The Morgan fingerprint density at radius 1 is 1.07 bits per heavy atom. The van der Waals surface area contributed by atoms with Gasteiger partial charge in [-0.25, -0.2) is 34.7 Å². The number of piperazine rings is 1. The number of aryl methyl sites for hydroxylation is 2. The van der Waals surface area contributed by atoms with Crippen LogP contribution in [0, 0.1) is 13.8 Å². The van der Waals surface area contributed by atoms with Crippen molar-refractivity contribution in [1.82, 2.24) is 34.8 Å². The van der Waals surface area contributed by atoms with Gasteiger partial charge in [-0.3, -0.25) is 4.90 Å². The second-order valence-corrected chi connectivity index (χ2v) is 11.5. The first-order valence-corrected chi connectivity index (χ1v) is 15.1. The number of carboxylic acid groups (broad SMARTS) is 1. The number of rotatable bonds is 6. The van der Waals surface area contributed by atoms with E-state index in [0.29, 0.717) is 17.3 Å². The number of carbonyl (C=O) groups is 1. The number of nitrogens with zero attached hydrogens (tertiary/aromatic N) is 8. The fraction of sp³-hybridized carbons (Fsp3) is 0.276. The van der Waals surface area contributed by atoms with Crippen LogP contribution < -0.4 is 10.6 Å². The summed E-state index contributed by atoms with van der Waals surface area (Å²) in [4.78, 5) is 41.8. The van der Waals surface area contributed by atoms with Crippen LogP contribution in [0.2, 0.25) is 0 Å². The van der Waals surface area contributed by atoms with Crippen molar-refractivity contribution in [3.63, 3.8) is 0 Å². The van der Waals surface area contributed by atoms with Gasteiger partial charge in [-0.2, -0.15) is 0 Å². The van der Waals surface area contributed by atoms with Crippen LogP contribution in [0.15, 0.2) is 53.9 Å². The highest BCUT2D eigenvalue weighted by Gasteiger charge is 2.27.